The predicted octanol–water partition coefficient (Wildman–Crippen LogP) is 2.04. The molecular weight excluding hydrogens is 256 g/mol. The highest BCUT2D eigenvalue weighted by Crippen LogP contribution is 2.17. The highest BCUT2D eigenvalue weighted by Gasteiger charge is 2.45. The maximum absolute atomic E-state index is 2.62. The normalized spacial score (nSPS) is 12.8. The van der Waals surface area contributed by atoms with Crippen molar-refractivity contribution in [1.29, 1.82) is 0 Å². The second-order valence-electron chi connectivity index (χ2n) is 5.76. The van der Waals surface area contributed by atoms with Gasteiger partial charge in [-0.2, -0.15) is 0 Å². The summed E-state index contributed by atoms with van der Waals surface area (Å²) < 4.78 is 0. The summed E-state index contributed by atoms with van der Waals surface area (Å²) in [4.78, 5) is 0. The molecule has 1 aromatic carbocycles. The zero-order valence-corrected chi connectivity index (χ0v) is 16.1. The Morgan fingerprint density at radius 1 is 0.688 bits per heavy atom. The first kappa shape index (κ1) is 14.1. The fourth-order valence-corrected chi connectivity index (χ4v) is 66.2. The summed E-state index contributed by atoms with van der Waals surface area (Å²) >= 11 is 0. The lowest BCUT2D eigenvalue weighted by Crippen LogP contribution is -2.74. The van der Waals surface area contributed by atoms with Crippen LogP contribution in [0.5, 0.6) is 0 Å². The Balaban J connectivity index is 3.34. The van der Waals surface area contributed by atoms with E-state index in [0.29, 0.717) is 0 Å². The van der Waals surface area contributed by atoms with Crippen molar-refractivity contribution in [1.82, 2.24) is 0 Å². The largest absolute Gasteiger partial charge is 0.0742 e. The first-order chi connectivity index (χ1) is 7.44. The molecule has 0 bridgehead atoms. The van der Waals surface area contributed by atoms with Gasteiger partial charge in [0.15, 0.2) is 0 Å². The molecule has 0 N–H and O–H groups in total. The molecule has 0 unspecified atom stereocenters. The molecule has 0 aliphatic heterocycles. The molecule has 90 valence electrons. The van der Waals surface area contributed by atoms with Crippen molar-refractivity contribution in [2.45, 2.75) is 39.3 Å². The van der Waals surface area contributed by atoms with Crippen LogP contribution in [0.15, 0.2) is 30.3 Å². The fourth-order valence-electron chi connectivity index (χ4n) is 3.73. The average molecular weight is 283 g/mol. The molecule has 0 radical (unpaired) electrons. The van der Waals surface area contributed by atoms with Crippen LogP contribution in [0, 0.1) is 0 Å². The summed E-state index contributed by atoms with van der Waals surface area (Å²) in [5.74, 6) is 0. The van der Waals surface area contributed by atoms with Crippen molar-refractivity contribution in [3.8, 4) is 0 Å². The van der Waals surface area contributed by atoms with Gasteiger partial charge in [0.05, 0.1) is 6.63 Å². The van der Waals surface area contributed by atoms with Gasteiger partial charge in [-0.3, -0.25) is 0 Å². The van der Waals surface area contributed by atoms with E-state index in [1.165, 1.54) is 0 Å². The van der Waals surface area contributed by atoms with Crippen LogP contribution in [0.25, 0.3) is 0 Å². The minimum Gasteiger partial charge on any atom is -0.0742 e. The number of rotatable bonds is 4. The molecule has 16 heavy (non-hydrogen) atoms. The van der Waals surface area contributed by atoms with Crippen LogP contribution in [-0.2, 0) is 0 Å². The predicted molar refractivity (Wildman–Crippen MR) is 88.5 cm³/mol. The summed E-state index contributed by atoms with van der Waals surface area (Å²) in [5.41, 5.74) is 0. The van der Waals surface area contributed by atoms with E-state index in [0.717, 1.165) is 0 Å². The lowest BCUT2D eigenvalue weighted by atomic mass is 10.4. The van der Waals surface area contributed by atoms with Gasteiger partial charge in [-0.15, -0.1) is 0 Å². The third-order valence-electron chi connectivity index (χ3n) is 4.14. The van der Waals surface area contributed by atoms with Crippen LogP contribution in [0.2, 0.25) is 39.3 Å². The van der Waals surface area contributed by atoms with Gasteiger partial charge in [-0.25, -0.2) is 0 Å². The zero-order valence-electron chi connectivity index (χ0n) is 11.6. The Morgan fingerprint density at radius 3 is 1.38 bits per heavy atom. The Bertz CT molecular complexity index is 297. The monoisotopic (exact) mass is 282 g/mol. The van der Waals surface area contributed by atoms with E-state index in [9.17, 15) is 0 Å². The molecule has 0 saturated carbocycles. The maximum Gasteiger partial charge on any atom is 0.0584 e. The first-order valence-corrected chi connectivity index (χ1v) is 20.8. The van der Waals surface area contributed by atoms with Crippen molar-refractivity contribution in [3.63, 3.8) is 0 Å². The zero-order chi connectivity index (χ0) is 12.3. The van der Waals surface area contributed by atoms with Crippen LogP contribution >= 0.6 is 0 Å². The van der Waals surface area contributed by atoms with Gasteiger partial charge < -0.3 is 0 Å². The molecule has 0 saturated heterocycles. The molecule has 0 aromatic heterocycles. The molecule has 0 aliphatic rings. The van der Waals surface area contributed by atoms with Gasteiger partial charge in [0.25, 0.3) is 0 Å². The van der Waals surface area contributed by atoms with Crippen LogP contribution < -0.4 is 5.19 Å². The molecule has 0 amide bonds. The fraction of sp³-hybridized carbons (Fsp3) is 0.500. The quantitative estimate of drug-likeness (QED) is 0.742. The Kier molecular flexibility index (Phi) is 4.97. The van der Waals surface area contributed by atoms with E-state index in [2.05, 4.69) is 69.6 Å². The second-order valence-corrected chi connectivity index (χ2v) is 40.1. The van der Waals surface area contributed by atoms with Gasteiger partial charge in [-0.1, -0.05) is 74.8 Å². The molecule has 1 rings (SSSR count). The van der Waals surface area contributed by atoms with E-state index >= 15 is 0 Å². The SMILES string of the molecule is C[SiH](C)[Si](c1ccccc1)([SiH](C)C)[SiH](C)C. The summed E-state index contributed by atoms with van der Waals surface area (Å²) in [6.45, 7) is 14.8. The van der Waals surface area contributed by atoms with E-state index in [4.69, 9.17) is 0 Å². The molecular formula is C12H26Si4. The third-order valence-corrected chi connectivity index (χ3v) is 67.4. The smallest absolute Gasteiger partial charge is 0.0584 e. The topological polar surface area (TPSA) is 0 Å². The Labute approximate surface area is 106 Å². The van der Waals surface area contributed by atoms with Gasteiger partial charge in [-0.05, 0) is 0 Å². The van der Waals surface area contributed by atoms with Crippen molar-refractivity contribution >= 4 is 36.8 Å². The lowest BCUT2D eigenvalue weighted by Gasteiger charge is -2.42. The molecule has 0 nitrogen and oxygen atoms in total. The minimum absolute atomic E-state index is 0.501. The molecule has 0 atom stereocenters. The highest BCUT2D eigenvalue weighted by atomic mass is 29.9. The maximum atomic E-state index is 2.62. The van der Waals surface area contributed by atoms with Crippen LogP contribution in [0.1, 0.15) is 0 Å². The molecule has 0 fully saturated rings. The number of hydrogen-bond donors (Lipinski definition) is 0. The van der Waals surface area contributed by atoms with Crippen molar-refractivity contribution in [3.05, 3.63) is 30.3 Å². The molecule has 0 heterocycles. The summed E-state index contributed by atoms with van der Waals surface area (Å²) in [7, 11) is -1.50. The molecule has 0 spiro atoms. The van der Waals surface area contributed by atoms with Crippen molar-refractivity contribution in [2.75, 3.05) is 0 Å². The lowest BCUT2D eigenvalue weighted by molar-refractivity contribution is 1.76. The summed E-state index contributed by atoms with van der Waals surface area (Å²) in [5, 5.41) is 1.82. The molecule has 0 aliphatic carbocycles. The van der Waals surface area contributed by atoms with Crippen molar-refractivity contribution in [2.24, 2.45) is 0 Å². The summed E-state index contributed by atoms with van der Waals surface area (Å²) in [6, 6.07) is 11.6. The highest BCUT2D eigenvalue weighted by molar-refractivity contribution is 7.83. The van der Waals surface area contributed by atoms with Gasteiger partial charge in [0, 0.05) is 24.9 Å². The van der Waals surface area contributed by atoms with E-state index in [-0.39, 0.29) is 0 Å². The number of hydrogen-bond acceptors (Lipinski definition) is 0. The Morgan fingerprint density at radius 2 is 1.06 bits per heavy atom. The second kappa shape index (κ2) is 5.62. The van der Waals surface area contributed by atoms with Gasteiger partial charge in [0.2, 0.25) is 0 Å². The van der Waals surface area contributed by atoms with Crippen molar-refractivity contribution < 1.29 is 0 Å². The van der Waals surface area contributed by atoms with E-state index in [1.807, 2.05) is 5.19 Å². The Hall–Kier alpha value is 0.0875. The van der Waals surface area contributed by atoms with Crippen LogP contribution in [0.4, 0.5) is 0 Å². The average Bonchev–Trinajstić information content (AvgIpc) is 2.18. The number of benzene rings is 1. The minimum atomic E-state index is -0.987. The van der Waals surface area contributed by atoms with Crippen LogP contribution in [0.3, 0.4) is 0 Å². The van der Waals surface area contributed by atoms with E-state index < -0.39 is 31.6 Å². The van der Waals surface area contributed by atoms with Gasteiger partial charge in [0.1, 0.15) is 0 Å². The van der Waals surface area contributed by atoms with Gasteiger partial charge >= 0.3 is 0 Å². The van der Waals surface area contributed by atoms with Crippen LogP contribution in [-0.4, -0.2) is 31.6 Å². The van der Waals surface area contributed by atoms with E-state index in [1.54, 1.807) is 0 Å². The standard InChI is InChI=1S/C12H26Si4/c1-13(2)16(14(3)4,15(5)6)12-10-8-7-9-11-12/h7-11,13-15H,1-6H3. The summed E-state index contributed by atoms with van der Waals surface area (Å²) in [6.07, 6.45) is 0. The molecule has 1 aromatic rings. The third kappa shape index (κ3) is 2.34. The first-order valence-electron chi connectivity index (χ1n) is 6.49. The molecule has 4 heteroatoms.